The summed E-state index contributed by atoms with van der Waals surface area (Å²) in [4.78, 5) is 13.8. The van der Waals surface area contributed by atoms with Crippen LogP contribution in [0.1, 0.15) is 29.1 Å². The number of aldehydes is 1. The zero-order valence-corrected chi connectivity index (χ0v) is 10.5. The number of rotatable bonds is 3. The van der Waals surface area contributed by atoms with Crippen LogP contribution in [0.25, 0.3) is 0 Å². The number of nitrogens with zero attached hydrogens (tertiary/aromatic N) is 1. The van der Waals surface area contributed by atoms with E-state index in [4.69, 9.17) is 4.74 Å². The lowest BCUT2D eigenvalue weighted by Crippen LogP contribution is -2.46. The third kappa shape index (κ3) is 2.70. The minimum Gasteiger partial charge on any atom is -0.376 e. The van der Waals surface area contributed by atoms with Gasteiger partial charge in [-0.15, -0.1) is 11.3 Å². The maximum atomic E-state index is 10.6. The maximum absolute atomic E-state index is 10.6. The second-order valence-electron chi connectivity index (χ2n) is 4.40. The van der Waals surface area contributed by atoms with Crippen LogP contribution in [0.2, 0.25) is 0 Å². The lowest BCUT2D eigenvalue weighted by atomic mass is 10.2. The number of hydrogen-bond acceptors (Lipinski definition) is 4. The molecule has 0 saturated carbocycles. The van der Waals surface area contributed by atoms with Gasteiger partial charge in [-0.25, -0.2) is 0 Å². The van der Waals surface area contributed by atoms with Crippen LogP contribution in [-0.4, -0.2) is 36.5 Å². The number of carbonyl (C=O) groups is 1. The zero-order valence-electron chi connectivity index (χ0n) is 9.68. The molecule has 0 N–H and O–H groups in total. The molecule has 0 aromatic carbocycles. The van der Waals surface area contributed by atoms with Gasteiger partial charge in [0.05, 0.1) is 17.6 Å². The molecule has 0 radical (unpaired) electrons. The first-order chi connectivity index (χ1) is 7.69. The summed E-state index contributed by atoms with van der Waals surface area (Å²) in [5.41, 5.74) is 1.23. The normalized spacial score (nSPS) is 26.9. The summed E-state index contributed by atoms with van der Waals surface area (Å²) < 4.78 is 5.59. The van der Waals surface area contributed by atoms with E-state index in [1.165, 1.54) is 16.9 Å². The summed E-state index contributed by atoms with van der Waals surface area (Å²) in [6.45, 7) is 6.96. The van der Waals surface area contributed by atoms with Crippen molar-refractivity contribution in [1.82, 2.24) is 4.90 Å². The van der Waals surface area contributed by atoms with Gasteiger partial charge >= 0.3 is 0 Å². The fourth-order valence-corrected chi connectivity index (χ4v) is 2.67. The Morgan fingerprint density at radius 2 is 2.44 bits per heavy atom. The van der Waals surface area contributed by atoms with E-state index in [1.807, 2.05) is 6.07 Å². The van der Waals surface area contributed by atoms with Gasteiger partial charge in [-0.05, 0) is 30.9 Å². The summed E-state index contributed by atoms with van der Waals surface area (Å²) in [7, 11) is 0. The Kier molecular flexibility index (Phi) is 3.74. The average Bonchev–Trinajstić information content (AvgIpc) is 2.71. The molecule has 2 rings (SSSR count). The van der Waals surface area contributed by atoms with Crippen LogP contribution in [-0.2, 0) is 11.3 Å². The fourth-order valence-electron chi connectivity index (χ4n) is 1.97. The molecule has 2 atom stereocenters. The molecule has 1 aromatic rings. The van der Waals surface area contributed by atoms with E-state index in [-0.39, 0.29) is 0 Å². The van der Waals surface area contributed by atoms with Crippen LogP contribution in [0.3, 0.4) is 0 Å². The lowest BCUT2D eigenvalue weighted by molar-refractivity contribution is -0.0526. The lowest BCUT2D eigenvalue weighted by Gasteiger charge is -2.36. The number of morpholine rings is 1. The van der Waals surface area contributed by atoms with Gasteiger partial charge in [0.15, 0.2) is 6.29 Å². The van der Waals surface area contributed by atoms with Crippen LogP contribution < -0.4 is 0 Å². The third-order valence-electron chi connectivity index (χ3n) is 2.91. The summed E-state index contributed by atoms with van der Waals surface area (Å²) in [5.74, 6) is 0. The minimum atomic E-state index is 0.306. The van der Waals surface area contributed by atoms with Crippen molar-refractivity contribution < 1.29 is 9.53 Å². The number of ether oxygens (including phenoxy) is 1. The van der Waals surface area contributed by atoms with Crippen molar-refractivity contribution in [3.63, 3.8) is 0 Å². The van der Waals surface area contributed by atoms with E-state index in [9.17, 15) is 4.79 Å². The Bertz CT molecular complexity index is 364. The highest BCUT2D eigenvalue weighted by Crippen LogP contribution is 2.18. The molecule has 1 aromatic heterocycles. The Labute approximate surface area is 100 Å². The molecule has 0 bridgehead atoms. The van der Waals surface area contributed by atoms with Gasteiger partial charge in [0.2, 0.25) is 0 Å². The predicted octanol–water partition coefficient (Wildman–Crippen LogP) is 2.17. The molecule has 88 valence electrons. The molecule has 1 aliphatic heterocycles. The van der Waals surface area contributed by atoms with E-state index in [2.05, 4.69) is 24.1 Å². The van der Waals surface area contributed by atoms with Crippen molar-refractivity contribution in [2.75, 3.05) is 13.2 Å². The van der Waals surface area contributed by atoms with Crippen molar-refractivity contribution in [1.29, 1.82) is 0 Å². The summed E-state index contributed by atoms with van der Waals surface area (Å²) in [5, 5.41) is 2.07. The van der Waals surface area contributed by atoms with E-state index in [0.717, 1.165) is 30.9 Å². The molecule has 3 nitrogen and oxygen atoms in total. The van der Waals surface area contributed by atoms with Gasteiger partial charge in [0, 0.05) is 19.1 Å². The molecule has 1 saturated heterocycles. The Morgan fingerprint density at radius 3 is 3.12 bits per heavy atom. The molecule has 0 aliphatic carbocycles. The molecule has 16 heavy (non-hydrogen) atoms. The SMILES string of the molecule is CC1CN(Cc2csc(C=O)c2)C(C)CO1. The molecule has 2 heterocycles. The van der Waals surface area contributed by atoms with Gasteiger partial charge in [-0.2, -0.15) is 0 Å². The van der Waals surface area contributed by atoms with Crippen molar-refractivity contribution in [2.45, 2.75) is 32.5 Å². The van der Waals surface area contributed by atoms with E-state index in [1.54, 1.807) is 0 Å². The molecule has 2 unspecified atom stereocenters. The van der Waals surface area contributed by atoms with Crippen LogP contribution >= 0.6 is 11.3 Å². The Balaban J connectivity index is 1.99. The Hall–Kier alpha value is -0.710. The first-order valence-corrected chi connectivity index (χ1v) is 6.45. The van der Waals surface area contributed by atoms with Crippen molar-refractivity contribution in [3.8, 4) is 0 Å². The fraction of sp³-hybridized carbons (Fsp3) is 0.583. The quantitative estimate of drug-likeness (QED) is 0.757. The van der Waals surface area contributed by atoms with Crippen LogP contribution in [0.4, 0.5) is 0 Å². The summed E-state index contributed by atoms with van der Waals surface area (Å²) in [6.07, 6.45) is 1.22. The van der Waals surface area contributed by atoms with Crippen molar-refractivity contribution in [3.05, 3.63) is 21.9 Å². The molecule has 4 heteroatoms. The number of carbonyl (C=O) groups excluding carboxylic acids is 1. The van der Waals surface area contributed by atoms with Gasteiger partial charge in [-0.3, -0.25) is 9.69 Å². The topological polar surface area (TPSA) is 29.5 Å². The average molecular weight is 239 g/mol. The molecular weight excluding hydrogens is 222 g/mol. The van der Waals surface area contributed by atoms with Crippen molar-refractivity contribution in [2.24, 2.45) is 0 Å². The summed E-state index contributed by atoms with van der Waals surface area (Å²) >= 11 is 1.51. The Morgan fingerprint density at radius 1 is 1.62 bits per heavy atom. The molecule has 0 spiro atoms. The molecule has 1 fully saturated rings. The summed E-state index contributed by atoms with van der Waals surface area (Å²) in [6, 6.07) is 2.43. The smallest absolute Gasteiger partial charge is 0.160 e. The highest BCUT2D eigenvalue weighted by Gasteiger charge is 2.23. The predicted molar refractivity (Wildman–Crippen MR) is 65.0 cm³/mol. The molecule has 1 aliphatic rings. The number of thiophene rings is 1. The first-order valence-electron chi connectivity index (χ1n) is 5.57. The maximum Gasteiger partial charge on any atom is 0.160 e. The largest absolute Gasteiger partial charge is 0.376 e. The monoisotopic (exact) mass is 239 g/mol. The van der Waals surface area contributed by atoms with Crippen LogP contribution in [0.5, 0.6) is 0 Å². The molecular formula is C12H17NO2S. The van der Waals surface area contributed by atoms with E-state index >= 15 is 0 Å². The van der Waals surface area contributed by atoms with Crippen LogP contribution in [0, 0.1) is 0 Å². The second-order valence-corrected chi connectivity index (χ2v) is 5.34. The van der Waals surface area contributed by atoms with Crippen molar-refractivity contribution >= 4 is 17.6 Å². The standard InChI is InChI=1S/C12H17NO2S/c1-9-7-15-10(2)4-13(9)5-11-3-12(6-14)16-8-11/h3,6,8-10H,4-5,7H2,1-2H3. The zero-order chi connectivity index (χ0) is 11.5. The van der Waals surface area contributed by atoms with E-state index in [0.29, 0.717) is 12.1 Å². The van der Waals surface area contributed by atoms with Gasteiger partial charge in [-0.1, -0.05) is 0 Å². The highest BCUT2D eigenvalue weighted by atomic mass is 32.1. The second kappa shape index (κ2) is 5.08. The van der Waals surface area contributed by atoms with Gasteiger partial charge in [0.25, 0.3) is 0 Å². The molecule has 0 amide bonds. The first kappa shape index (κ1) is 11.8. The van der Waals surface area contributed by atoms with Gasteiger partial charge < -0.3 is 4.74 Å². The third-order valence-corrected chi connectivity index (χ3v) is 3.82. The van der Waals surface area contributed by atoms with Gasteiger partial charge in [0.1, 0.15) is 0 Å². The highest BCUT2D eigenvalue weighted by molar-refractivity contribution is 7.11. The minimum absolute atomic E-state index is 0.306. The number of hydrogen-bond donors (Lipinski definition) is 0. The van der Waals surface area contributed by atoms with E-state index < -0.39 is 0 Å². The van der Waals surface area contributed by atoms with Crippen LogP contribution in [0.15, 0.2) is 11.4 Å².